The smallest absolute Gasteiger partial charge is 0.220 e. The molecular formula is C17H27N3O2. The zero-order chi connectivity index (χ0) is 15.4. The summed E-state index contributed by atoms with van der Waals surface area (Å²) >= 11 is 0. The van der Waals surface area contributed by atoms with E-state index < -0.39 is 0 Å². The van der Waals surface area contributed by atoms with E-state index in [1.807, 2.05) is 0 Å². The maximum Gasteiger partial charge on any atom is 0.220 e. The Balaban J connectivity index is 1.44. The van der Waals surface area contributed by atoms with Gasteiger partial charge in [0.15, 0.2) is 0 Å². The normalized spacial score (nSPS) is 24.8. The van der Waals surface area contributed by atoms with Gasteiger partial charge in [-0.3, -0.25) is 9.89 Å². The number of aryl methyl sites for hydroxylation is 2. The summed E-state index contributed by atoms with van der Waals surface area (Å²) < 4.78 is 5.37. The first-order valence-electron chi connectivity index (χ1n) is 8.63. The van der Waals surface area contributed by atoms with Crippen molar-refractivity contribution >= 4 is 5.91 Å². The highest BCUT2D eigenvalue weighted by molar-refractivity contribution is 5.76. The molecule has 0 atom stereocenters. The molecule has 0 aromatic carbocycles. The molecule has 0 saturated heterocycles. The zero-order valence-electron chi connectivity index (χ0n) is 13.5. The first-order chi connectivity index (χ1) is 10.8. The highest BCUT2D eigenvalue weighted by Gasteiger charge is 2.22. The molecule has 22 heavy (non-hydrogen) atoms. The first-order valence-corrected chi connectivity index (χ1v) is 8.63. The molecule has 3 rings (SSSR count). The third-order valence-electron chi connectivity index (χ3n) is 5.10. The molecule has 1 aromatic rings. The van der Waals surface area contributed by atoms with Crippen LogP contribution in [0.15, 0.2) is 0 Å². The molecule has 0 unspecified atom stereocenters. The van der Waals surface area contributed by atoms with Gasteiger partial charge in [-0.1, -0.05) is 0 Å². The van der Waals surface area contributed by atoms with E-state index in [2.05, 4.69) is 15.5 Å². The van der Waals surface area contributed by atoms with E-state index in [1.54, 1.807) is 7.11 Å². The summed E-state index contributed by atoms with van der Waals surface area (Å²) in [5, 5.41) is 10.7. The zero-order valence-corrected chi connectivity index (χ0v) is 13.5. The van der Waals surface area contributed by atoms with Gasteiger partial charge < -0.3 is 10.1 Å². The number of carbonyl (C=O) groups excluding carboxylic acids is 1. The summed E-state index contributed by atoms with van der Waals surface area (Å²) in [6.45, 7) is 0. The van der Waals surface area contributed by atoms with Crippen LogP contribution in [0.3, 0.4) is 0 Å². The second-order valence-electron chi connectivity index (χ2n) is 6.61. The molecule has 2 N–H and O–H groups in total. The van der Waals surface area contributed by atoms with Gasteiger partial charge in [0.05, 0.1) is 11.8 Å². The van der Waals surface area contributed by atoms with Crippen molar-refractivity contribution in [3.63, 3.8) is 0 Å². The van der Waals surface area contributed by atoms with Crippen LogP contribution >= 0.6 is 0 Å². The number of nitrogens with zero attached hydrogens (tertiary/aromatic N) is 1. The lowest BCUT2D eigenvalue weighted by atomic mass is 9.92. The number of H-pyrrole nitrogens is 1. The lowest BCUT2D eigenvalue weighted by molar-refractivity contribution is -0.122. The van der Waals surface area contributed by atoms with E-state index in [0.717, 1.165) is 50.6 Å². The third-order valence-corrected chi connectivity index (χ3v) is 5.10. The Kier molecular flexibility index (Phi) is 5.13. The Morgan fingerprint density at radius 2 is 2.05 bits per heavy atom. The number of ether oxygens (including phenoxy) is 1. The van der Waals surface area contributed by atoms with Crippen molar-refractivity contribution in [3.05, 3.63) is 17.0 Å². The van der Waals surface area contributed by atoms with E-state index in [0.29, 0.717) is 18.6 Å². The molecule has 5 heteroatoms. The van der Waals surface area contributed by atoms with Gasteiger partial charge in [0, 0.05) is 31.7 Å². The lowest BCUT2D eigenvalue weighted by Gasteiger charge is -2.28. The molecule has 1 heterocycles. The van der Waals surface area contributed by atoms with Crippen molar-refractivity contribution in [1.82, 2.24) is 15.5 Å². The summed E-state index contributed by atoms with van der Waals surface area (Å²) in [7, 11) is 1.77. The molecule has 0 radical (unpaired) electrons. The van der Waals surface area contributed by atoms with Crippen LogP contribution in [-0.2, 0) is 28.8 Å². The predicted octanol–water partition coefficient (Wildman–Crippen LogP) is 2.29. The van der Waals surface area contributed by atoms with E-state index in [1.165, 1.54) is 24.1 Å². The van der Waals surface area contributed by atoms with Gasteiger partial charge in [-0.2, -0.15) is 5.10 Å². The fourth-order valence-corrected chi connectivity index (χ4v) is 3.73. The number of nitrogens with one attached hydrogen (secondary N) is 2. The summed E-state index contributed by atoms with van der Waals surface area (Å²) in [5.74, 6) is 0.161. The minimum Gasteiger partial charge on any atom is -0.381 e. The van der Waals surface area contributed by atoms with E-state index in [9.17, 15) is 4.79 Å². The minimum absolute atomic E-state index is 0.161. The average molecular weight is 305 g/mol. The highest BCUT2D eigenvalue weighted by Crippen LogP contribution is 2.23. The Labute approximate surface area is 132 Å². The molecule has 0 spiro atoms. The van der Waals surface area contributed by atoms with Crippen molar-refractivity contribution in [1.29, 1.82) is 0 Å². The maximum atomic E-state index is 12.1. The van der Waals surface area contributed by atoms with Gasteiger partial charge in [0.2, 0.25) is 5.91 Å². The average Bonchev–Trinajstić information content (AvgIpc) is 2.97. The fraction of sp³-hybridized carbons (Fsp3) is 0.765. The van der Waals surface area contributed by atoms with Gasteiger partial charge in [-0.15, -0.1) is 0 Å². The summed E-state index contributed by atoms with van der Waals surface area (Å²) in [6.07, 6.45) is 10.6. The second-order valence-corrected chi connectivity index (χ2v) is 6.61. The van der Waals surface area contributed by atoms with Gasteiger partial charge in [0.25, 0.3) is 0 Å². The molecule has 2 aliphatic carbocycles. The van der Waals surface area contributed by atoms with Crippen LogP contribution < -0.4 is 5.32 Å². The van der Waals surface area contributed by atoms with Crippen molar-refractivity contribution in [3.8, 4) is 0 Å². The number of hydrogen-bond donors (Lipinski definition) is 2. The van der Waals surface area contributed by atoms with Crippen LogP contribution in [0.4, 0.5) is 0 Å². The molecule has 0 bridgehead atoms. The maximum absolute atomic E-state index is 12.1. The number of aromatic amines is 1. The molecule has 1 fully saturated rings. The Morgan fingerprint density at radius 3 is 2.82 bits per heavy atom. The number of carbonyl (C=O) groups is 1. The van der Waals surface area contributed by atoms with E-state index in [-0.39, 0.29) is 5.91 Å². The number of hydrogen-bond acceptors (Lipinski definition) is 3. The molecule has 1 aromatic heterocycles. The summed E-state index contributed by atoms with van der Waals surface area (Å²) in [5.41, 5.74) is 3.77. The molecule has 0 aliphatic heterocycles. The molecular weight excluding hydrogens is 278 g/mol. The summed E-state index contributed by atoms with van der Waals surface area (Å²) in [6, 6.07) is 0.326. The van der Waals surface area contributed by atoms with Crippen LogP contribution in [0.1, 0.15) is 61.9 Å². The van der Waals surface area contributed by atoms with Crippen LogP contribution in [0, 0.1) is 0 Å². The molecule has 5 nitrogen and oxygen atoms in total. The topological polar surface area (TPSA) is 67.0 Å². The quantitative estimate of drug-likeness (QED) is 0.877. The van der Waals surface area contributed by atoms with Crippen molar-refractivity contribution in [2.75, 3.05) is 7.11 Å². The minimum atomic E-state index is 0.161. The molecule has 1 amide bonds. The van der Waals surface area contributed by atoms with Crippen LogP contribution in [-0.4, -0.2) is 35.4 Å². The van der Waals surface area contributed by atoms with Crippen molar-refractivity contribution in [2.24, 2.45) is 0 Å². The Bertz CT molecular complexity index is 504. The van der Waals surface area contributed by atoms with Gasteiger partial charge in [-0.05, 0) is 56.9 Å². The van der Waals surface area contributed by atoms with Crippen molar-refractivity contribution < 1.29 is 9.53 Å². The largest absolute Gasteiger partial charge is 0.381 e. The predicted molar refractivity (Wildman–Crippen MR) is 84.7 cm³/mol. The number of fused-ring (bicyclic) bond motifs is 1. The SMILES string of the molecule is COC1CCC(NC(=O)CCc2n[nH]c3c2CCCC3)CC1. The number of aromatic nitrogens is 2. The van der Waals surface area contributed by atoms with Crippen molar-refractivity contribution in [2.45, 2.75) is 76.4 Å². The van der Waals surface area contributed by atoms with Crippen LogP contribution in [0.2, 0.25) is 0 Å². The fourth-order valence-electron chi connectivity index (χ4n) is 3.73. The molecule has 2 aliphatic rings. The standard InChI is InChI=1S/C17H27N3O2/c1-22-13-8-6-12(7-9-13)18-17(21)11-10-16-14-4-2-3-5-15(14)19-20-16/h12-13H,2-11H2,1H3,(H,18,21)(H,19,20). The van der Waals surface area contributed by atoms with E-state index in [4.69, 9.17) is 4.74 Å². The van der Waals surface area contributed by atoms with E-state index >= 15 is 0 Å². The van der Waals surface area contributed by atoms with Crippen LogP contribution in [0.25, 0.3) is 0 Å². The third kappa shape index (κ3) is 3.69. The second kappa shape index (κ2) is 7.27. The summed E-state index contributed by atoms with van der Waals surface area (Å²) in [4.78, 5) is 12.1. The molecule has 1 saturated carbocycles. The van der Waals surface area contributed by atoms with Gasteiger partial charge in [-0.25, -0.2) is 0 Å². The Hall–Kier alpha value is -1.36. The van der Waals surface area contributed by atoms with Crippen LogP contribution in [0.5, 0.6) is 0 Å². The lowest BCUT2D eigenvalue weighted by Crippen LogP contribution is -2.39. The van der Waals surface area contributed by atoms with Gasteiger partial charge in [0.1, 0.15) is 0 Å². The Morgan fingerprint density at radius 1 is 1.27 bits per heavy atom. The number of methoxy groups -OCH3 is 1. The number of amides is 1. The highest BCUT2D eigenvalue weighted by atomic mass is 16.5. The van der Waals surface area contributed by atoms with Gasteiger partial charge >= 0.3 is 0 Å². The molecule has 122 valence electrons. The number of rotatable bonds is 5. The first kappa shape index (κ1) is 15.5. The monoisotopic (exact) mass is 305 g/mol.